The largest absolute Gasteiger partial charge is 0.457 e. The van der Waals surface area contributed by atoms with Gasteiger partial charge in [-0.25, -0.2) is 14.6 Å². The summed E-state index contributed by atoms with van der Waals surface area (Å²) in [5.41, 5.74) is 3.72. The predicted octanol–water partition coefficient (Wildman–Crippen LogP) is 5.97. The van der Waals surface area contributed by atoms with E-state index in [0.29, 0.717) is 6.07 Å². The molecule has 8 nitrogen and oxygen atoms in total. The highest BCUT2D eigenvalue weighted by Crippen LogP contribution is 2.36. The summed E-state index contributed by atoms with van der Waals surface area (Å²) in [7, 11) is 0. The summed E-state index contributed by atoms with van der Waals surface area (Å²) in [5.74, 6) is -1.10. The van der Waals surface area contributed by atoms with Gasteiger partial charge in [-0.15, -0.1) is 0 Å². The highest BCUT2D eigenvalue weighted by atomic mass is 35.5. The van der Waals surface area contributed by atoms with Crippen molar-refractivity contribution < 1.29 is 31.9 Å². The number of nitrogens with one attached hydrogen (secondary N) is 4. The molecule has 1 heterocycles. The monoisotopic (exact) mass is 525 g/mol. The molecule has 0 aliphatic rings. The van der Waals surface area contributed by atoms with Crippen molar-refractivity contribution in [3.8, 4) is 11.5 Å². The van der Waals surface area contributed by atoms with Crippen LogP contribution in [0.25, 0.3) is 0 Å². The molecule has 3 rings (SSSR count). The third-order valence-electron chi connectivity index (χ3n) is 4.39. The normalized spacial score (nSPS) is 11.2. The summed E-state index contributed by atoms with van der Waals surface area (Å²) < 4.78 is 59.0. The standard InChI is InChI=1S/C23H20ClF4N5O3/c1-12(2)32-33-21(34)20-11-15(7-8-29-20)36-14-4-6-19(18(25)10-14)31-22(35)30-13-3-5-17(24)16(9-13)23(26,27)28/h3-12,32H,1-2H3,(H,33,34)(H2,30,31,35). The van der Waals surface area contributed by atoms with Crippen LogP contribution in [0.15, 0.2) is 54.7 Å². The van der Waals surface area contributed by atoms with Gasteiger partial charge in [0, 0.05) is 30.1 Å². The second-order valence-corrected chi connectivity index (χ2v) is 8.05. The average molecular weight is 526 g/mol. The molecule has 2 aromatic carbocycles. The summed E-state index contributed by atoms with van der Waals surface area (Å²) >= 11 is 5.55. The quantitative estimate of drug-likeness (QED) is 0.225. The minimum Gasteiger partial charge on any atom is -0.457 e. The Labute approximate surface area is 208 Å². The number of anilines is 2. The number of urea groups is 1. The lowest BCUT2D eigenvalue weighted by Gasteiger charge is -2.13. The number of pyridine rings is 1. The van der Waals surface area contributed by atoms with Crippen molar-refractivity contribution in [2.75, 3.05) is 10.6 Å². The number of rotatable bonds is 7. The maximum absolute atomic E-state index is 14.5. The molecule has 0 aliphatic carbocycles. The lowest BCUT2D eigenvalue weighted by molar-refractivity contribution is -0.137. The Morgan fingerprint density at radius 3 is 2.39 bits per heavy atom. The van der Waals surface area contributed by atoms with Gasteiger partial charge in [-0.05, 0) is 50.2 Å². The third kappa shape index (κ3) is 7.30. The van der Waals surface area contributed by atoms with Gasteiger partial charge in [0.05, 0.1) is 16.3 Å². The Hall–Kier alpha value is -3.90. The molecule has 13 heteroatoms. The number of hydrogen-bond donors (Lipinski definition) is 4. The minimum atomic E-state index is -4.71. The molecule has 0 saturated carbocycles. The zero-order valence-corrected chi connectivity index (χ0v) is 19.6. The second kappa shape index (κ2) is 11.2. The van der Waals surface area contributed by atoms with Gasteiger partial charge in [0.2, 0.25) is 0 Å². The van der Waals surface area contributed by atoms with E-state index in [0.717, 1.165) is 12.1 Å². The number of aromatic nitrogens is 1. The van der Waals surface area contributed by atoms with Crippen molar-refractivity contribution in [2.24, 2.45) is 0 Å². The summed E-state index contributed by atoms with van der Waals surface area (Å²) in [4.78, 5) is 28.2. The Balaban J connectivity index is 1.65. The molecule has 3 amide bonds. The fourth-order valence-electron chi connectivity index (χ4n) is 2.77. The van der Waals surface area contributed by atoms with Crippen LogP contribution < -0.4 is 26.2 Å². The highest BCUT2D eigenvalue weighted by Gasteiger charge is 2.33. The van der Waals surface area contributed by atoms with E-state index < -0.39 is 34.5 Å². The number of benzene rings is 2. The average Bonchev–Trinajstić information content (AvgIpc) is 2.80. The number of carbonyl (C=O) groups excluding carboxylic acids is 2. The van der Waals surface area contributed by atoms with Crippen molar-refractivity contribution in [1.29, 1.82) is 0 Å². The third-order valence-corrected chi connectivity index (χ3v) is 4.72. The van der Waals surface area contributed by atoms with E-state index >= 15 is 0 Å². The van der Waals surface area contributed by atoms with Crippen LogP contribution in [-0.4, -0.2) is 23.0 Å². The van der Waals surface area contributed by atoms with Gasteiger partial charge < -0.3 is 15.4 Å². The van der Waals surface area contributed by atoms with Crippen LogP contribution in [0, 0.1) is 5.82 Å². The van der Waals surface area contributed by atoms with E-state index in [2.05, 4.69) is 26.5 Å². The maximum atomic E-state index is 14.5. The highest BCUT2D eigenvalue weighted by molar-refractivity contribution is 6.31. The number of halogens is 5. The molecule has 4 N–H and O–H groups in total. The molecule has 36 heavy (non-hydrogen) atoms. The summed E-state index contributed by atoms with van der Waals surface area (Å²) in [6.07, 6.45) is -3.37. The lowest BCUT2D eigenvalue weighted by atomic mass is 10.2. The number of alkyl halides is 3. The fourth-order valence-corrected chi connectivity index (χ4v) is 3.00. The first-order valence-corrected chi connectivity index (χ1v) is 10.7. The van der Waals surface area contributed by atoms with Gasteiger partial charge in [-0.1, -0.05) is 11.6 Å². The van der Waals surface area contributed by atoms with E-state index in [-0.39, 0.29) is 34.6 Å². The predicted molar refractivity (Wildman–Crippen MR) is 126 cm³/mol. The van der Waals surface area contributed by atoms with Crippen LogP contribution >= 0.6 is 11.6 Å². The Kier molecular flexibility index (Phi) is 8.33. The van der Waals surface area contributed by atoms with Crippen LogP contribution in [0.4, 0.5) is 33.7 Å². The van der Waals surface area contributed by atoms with Crippen LogP contribution in [0.5, 0.6) is 11.5 Å². The van der Waals surface area contributed by atoms with Crippen LogP contribution in [0.2, 0.25) is 5.02 Å². The van der Waals surface area contributed by atoms with Crippen LogP contribution in [0.3, 0.4) is 0 Å². The Bertz CT molecular complexity index is 1270. The molecule has 1 aromatic heterocycles. The summed E-state index contributed by atoms with van der Waals surface area (Å²) in [6.45, 7) is 3.68. The first-order chi connectivity index (χ1) is 16.9. The smallest absolute Gasteiger partial charge is 0.417 e. The number of ether oxygens (including phenoxy) is 1. The van der Waals surface area contributed by atoms with Crippen molar-refractivity contribution in [3.63, 3.8) is 0 Å². The molecule has 0 unspecified atom stereocenters. The molecule has 0 radical (unpaired) electrons. The molecule has 0 fully saturated rings. The van der Waals surface area contributed by atoms with Crippen LogP contribution in [0.1, 0.15) is 29.9 Å². The van der Waals surface area contributed by atoms with E-state index in [4.69, 9.17) is 16.3 Å². The van der Waals surface area contributed by atoms with Crippen molar-refractivity contribution in [2.45, 2.75) is 26.1 Å². The number of nitrogens with zero attached hydrogens (tertiary/aromatic N) is 1. The molecular weight excluding hydrogens is 506 g/mol. The van der Waals surface area contributed by atoms with Gasteiger partial charge in [-0.3, -0.25) is 15.2 Å². The van der Waals surface area contributed by atoms with Gasteiger partial charge in [0.15, 0.2) is 0 Å². The summed E-state index contributed by atoms with van der Waals surface area (Å²) in [5, 5.41) is 3.87. The first kappa shape index (κ1) is 26.7. The molecule has 0 atom stereocenters. The molecule has 3 aromatic rings. The molecule has 190 valence electrons. The first-order valence-electron chi connectivity index (χ1n) is 10.4. The van der Waals surface area contributed by atoms with Gasteiger partial charge in [-0.2, -0.15) is 13.2 Å². The van der Waals surface area contributed by atoms with Gasteiger partial charge >= 0.3 is 12.2 Å². The fraction of sp³-hybridized carbons (Fsp3) is 0.174. The number of carbonyl (C=O) groups is 2. The van der Waals surface area contributed by atoms with E-state index in [1.165, 1.54) is 36.5 Å². The Morgan fingerprint density at radius 1 is 1.00 bits per heavy atom. The minimum absolute atomic E-state index is 0.00844. The lowest BCUT2D eigenvalue weighted by Crippen LogP contribution is -2.41. The number of hydrogen-bond acceptors (Lipinski definition) is 5. The Morgan fingerprint density at radius 2 is 1.72 bits per heavy atom. The SMILES string of the molecule is CC(C)NNC(=O)c1cc(Oc2ccc(NC(=O)Nc3ccc(Cl)c(C(F)(F)F)c3)c(F)c2)ccn1. The molecular formula is C23H20ClF4N5O3. The van der Waals surface area contributed by atoms with Crippen molar-refractivity contribution >= 4 is 34.9 Å². The molecule has 0 aliphatic heterocycles. The number of hydrazine groups is 1. The van der Waals surface area contributed by atoms with Gasteiger partial charge in [0.1, 0.15) is 23.0 Å². The zero-order valence-electron chi connectivity index (χ0n) is 18.8. The summed E-state index contributed by atoms with van der Waals surface area (Å²) in [6, 6.07) is 8.22. The van der Waals surface area contributed by atoms with E-state index in [1.54, 1.807) is 0 Å². The number of amides is 3. The molecule has 0 bridgehead atoms. The van der Waals surface area contributed by atoms with Crippen molar-refractivity contribution in [1.82, 2.24) is 15.8 Å². The molecule has 0 saturated heterocycles. The van der Waals surface area contributed by atoms with E-state index in [1.807, 2.05) is 13.8 Å². The van der Waals surface area contributed by atoms with E-state index in [9.17, 15) is 27.2 Å². The van der Waals surface area contributed by atoms with Crippen molar-refractivity contribution in [3.05, 3.63) is 76.8 Å². The maximum Gasteiger partial charge on any atom is 0.417 e. The zero-order chi connectivity index (χ0) is 26.5. The second-order valence-electron chi connectivity index (χ2n) is 7.65. The topological polar surface area (TPSA) is 104 Å². The molecule has 0 spiro atoms. The van der Waals surface area contributed by atoms with Gasteiger partial charge in [0.25, 0.3) is 5.91 Å². The van der Waals surface area contributed by atoms with Crippen LogP contribution in [-0.2, 0) is 6.18 Å².